The lowest BCUT2D eigenvalue weighted by Crippen LogP contribution is -2.21. The fraction of sp³-hybridized carbons (Fsp3) is 0.312. The van der Waals surface area contributed by atoms with Crippen LogP contribution in [-0.2, 0) is 12.3 Å². The van der Waals surface area contributed by atoms with E-state index in [0.717, 1.165) is 22.9 Å². The Kier molecular flexibility index (Phi) is 5.89. The molecular formula is C16H19ClN2S. The molecule has 2 rings (SSSR count). The van der Waals surface area contributed by atoms with Crippen LogP contribution in [0.5, 0.6) is 0 Å². The Morgan fingerprint density at radius 3 is 2.60 bits per heavy atom. The first kappa shape index (κ1) is 15.4. The molecule has 1 N–H and O–H groups in total. The van der Waals surface area contributed by atoms with E-state index >= 15 is 0 Å². The van der Waals surface area contributed by atoms with Crippen LogP contribution in [0.4, 0.5) is 0 Å². The fourth-order valence-electron chi connectivity index (χ4n) is 1.71. The Hall–Kier alpha value is -1.03. The molecule has 2 nitrogen and oxygen atoms in total. The first-order valence-corrected chi connectivity index (χ1v) is 8.05. The molecule has 0 spiro atoms. The maximum absolute atomic E-state index is 6.10. The van der Waals surface area contributed by atoms with Gasteiger partial charge < -0.3 is 5.32 Å². The van der Waals surface area contributed by atoms with Gasteiger partial charge in [-0.25, -0.2) is 0 Å². The van der Waals surface area contributed by atoms with Crippen LogP contribution in [-0.4, -0.2) is 11.0 Å². The highest BCUT2D eigenvalue weighted by molar-refractivity contribution is 7.98. The topological polar surface area (TPSA) is 24.9 Å². The number of halogens is 1. The normalized spacial score (nSPS) is 11.0. The maximum Gasteiger partial charge on any atom is 0.0629 e. The first-order valence-electron chi connectivity index (χ1n) is 6.68. The summed E-state index contributed by atoms with van der Waals surface area (Å²) in [5, 5.41) is 4.15. The van der Waals surface area contributed by atoms with E-state index in [9.17, 15) is 0 Å². The number of rotatable bonds is 6. The molecule has 4 heteroatoms. The molecule has 0 saturated heterocycles. The highest BCUT2D eigenvalue weighted by Crippen LogP contribution is 2.26. The van der Waals surface area contributed by atoms with Crippen molar-refractivity contribution >= 4 is 23.4 Å². The van der Waals surface area contributed by atoms with Gasteiger partial charge in [-0.1, -0.05) is 37.6 Å². The number of thioether (sulfide) groups is 1. The number of hydrogen-bond acceptors (Lipinski definition) is 3. The third-order valence-corrected chi connectivity index (χ3v) is 4.29. The molecule has 0 fully saturated rings. The lowest BCUT2D eigenvalue weighted by Gasteiger charge is -2.09. The zero-order valence-corrected chi connectivity index (χ0v) is 13.3. The van der Waals surface area contributed by atoms with E-state index in [0.29, 0.717) is 6.04 Å². The molecule has 2 aromatic rings. The van der Waals surface area contributed by atoms with Gasteiger partial charge in [-0.3, -0.25) is 4.98 Å². The molecule has 0 radical (unpaired) electrons. The fourth-order valence-corrected chi connectivity index (χ4v) is 2.88. The summed E-state index contributed by atoms with van der Waals surface area (Å²) in [5.74, 6) is 0.866. The highest BCUT2D eigenvalue weighted by atomic mass is 35.5. The molecule has 0 bridgehead atoms. The third-order valence-electron chi connectivity index (χ3n) is 2.89. The Morgan fingerprint density at radius 1 is 1.20 bits per heavy atom. The van der Waals surface area contributed by atoms with Gasteiger partial charge in [0.1, 0.15) is 0 Å². The van der Waals surface area contributed by atoms with E-state index in [4.69, 9.17) is 11.6 Å². The van der Waals surface area contributed by atoms with Gasteiger partial charge in [-0.2, -0.15) is 0 Å². The molecule has 0 aliphatic heterocycles. The molecule has 106 valence electrons. The summed E-state index contributed by atoms with van der Waals surface area (Å²) < 4.78 is 0. The van der Waals surface area contributed by atoms with Crippen LogP contribution < -0.4 is 5.32 Å². The summed E-state index contributed by atoms with van der Waals surface area (Å²) in [6.07, 6.45) is 3.47. The number of pyridine rings is 1. The monoisotopic (exact) mass is 306 g/mol. The van der Waals surface area contributed by atoms with Crippen molar-refractivity contribution in [3.05, 3.63) is 58.9 Å². The molecule has 0 amide bonds. The highest BCUT2D eigenvalue weighted by Gasteiger charge is 2.02. The molecule has 0 atom stereocenters. The SMILES string of the molecule is CC(C)NCc1ccc(SCc2ccncc2Cl)cc1. The molecule has 0 unspecified atom stereocenters. The Morgan fingerprint density at radius 2 is 1.95 bits per heavy atom. The molecule has 0 aliphatic carbocycles. The Labute approximate surface area is 130 Å². The van der Waals surface area contributed by atoms with Gasteiger partial charge in [-0.05, 0) is 29.3 Å². The van der Waals surface area contributed by atoms with E-state index < -0.39 is 0 Å². The minimum absolute atomic E-state index is 0.512. The molecule has 1 aromatic heterocycles. The number of aromatic nitrogens is 1. The zero-order chi connectivity index (χ0) is 14.4. The quantitative estimate of drug-likeness (QED) is 0.794. The number of benzene rings is 1. The van der Waals surface area contributed by atoms with Gasteiger partial charge in [0.05, 0.1) is 5.02 Å². The van der Waals surface area contributed by atoms with Crippen molar-refractivity contribution in [2.75, 3.05) is 0 Å². The first-order chi connectivity index (χ1) is 9.65. The van der Waals surface area contributed by atoms with Crippen LogP contribution in [0, 0.1) is 0 Å². The van der Waals surface area contributed by atoms with Crippen LogP contribution in [0.1, 0.15) is 25.0 Å². The van der Waals surface area contributed by atoms with Gasteiger partial charge in [0, 0.05) is 35.6 Å². The molecule has 0 aliphatic rings. The predicted molar refractivity (Wildman–Crippen MR) is 87.2 cm³/mol. The smallest absolute Gasteiger partial charge is 0.0629 e. The predicted octanol–water partition coefficient (Wildman–Crippen LogP) is 4.53. The Bertz CT molecular complexity index is 540. The number of hydrogen-bond donors (Lipinski definition) is 1. The van der Waals surface area contributed by atoms with Gasteiger partial charge in [0.15, 0.2) is 0 Å². The van der Waals surface area contributed by atoms with Crippen LogP contribution in [0.3, 0.4) is 0 Å². The van der Waals surface area contributed by atoms with Crippen LogP contribution in [0.25, 0.3) is 0 Å². The largest absolute Gasteiger partial charge is 0.310 e. The summed E-state index contributed by atoms with van der Waals surface area (Å²) in [4.78, 5) is 5.25. The van der Waals surface area contributed by atoms with E-state index in [1.54, 1.807) is 24.2 Å². The maximum atomic E-state index is 6.10. The minimum Gasteiger partial charge on any atom is -0.310 e. The van der Waals surface area contributed by atoms with Crippen molar-refractivity contribution in [3.63, 3.8) is 0 Å². The second kappa shape index (κ2) is 7.67. The molecule has 0 saturated carbocycles. The lowest BCUT2D eigenvalue weighted by atomic mass is 10.2. The summed E-state index contributed by atoms with van der Waals surface area (Å²) in [6, 6.07) is 11.2. The van der Waals surface area contributed by atoms with Crippen molar-refractivity contribution in [3.8, 4) is 0 Å². The summed E-state index contributed by atoms with van der Waals surface area (Å²) in [7, 11) is 0. The standard InChI is InChI=1S/C16H19ClN2S/c1-12(2)19-9-13-3-5-15(6-4-13)20-11-14-7-8-18-10-16(14)17/h3-8,10,12,19H,9,11H2,1-2H3. The summed E-state index contributed by atoms with van der Waals surface area (Å²) >= 11 is 7.89. The minimum atomic E-state index is 0.512. The van der Waals surface area contributed by atoms with Crippen molar-refractivity contribution in [1.82, 2.24) is 10.3 Å². The molecule has 1 heterocycles. The van der Waals surface area contributed by atoms with E-state index in [1.807, 2.05) is 6.07 Å². The van der Waals surface area contributed by atoms with E-state index in [1.165, 1.54) is 10.5 Å². The second-order valence-corrected chi connectivity index (χ2v) is 6.39. The van der Waals surface area contributed by atoms with Crippen LogP contribution in [0.2, 0.25) is 5.02 Å². The van der Waals surface area contributed by atoms with E-state index in [2.05, 4.69) is 48.4 Å². The molecular weight excluding hydrogens is 288 g/mol. The van der Waals surface area contributed by atoms with Crippen molar-refractivity contribution < 1.29 is 0 Å². The summed E-state index contributed by atoms with van der Waals surface area (Å²) in [5.41, 5.74) is 2.43. The second-order valence-electron chi connectivity index (χ2n) is 4.94. The van der Waals surface area contributed by atoms with Gasteiger partial charge in [0.2, 0.25) is 0 Å². The number of nitrogens with one attached hydrogen (secondary N) is 1. The van der Waals surface area contributed by atoms with Gasteiger partial charge >= 0.3 is 0 Å². The van der Waals surface area contributed by atoms with Crippen molar-refractivity contribution in [2.24, 2.45) is 0 Å². The average Bonchev–Trinajstić information content (AvgIpc) is 2.45. The summed E-state index contributed by atoms with van der Waals surface area (Å²) in [6.45, 7) is 5.23. The van der Waals surface area contributed by atoms with Crippen molar-refractivity contribution in [1.29, 1.82) is 0 Å². The van der Waals surface area contributed by atoms with Gasteiger partial charge in [0.25, 0.3) is 0 Å². The molecule has 20 heavy (non-hydrogen) atoms. The third kappa shape index (κ3) is 4.82. The zero-order valence-electron chi connectivity index (χ0n) is 11.8. The lowest BCUT2D eigenvalue weighted by molar-refractivity contribution is 0.588. The van der Waals surface area contributed by atoms with Crippen LogP contribution in [0.15, 0.2) is 47.6 Å². The van der Waals surface area contributed by atoms with Crippen molar-refractivity contribution in [2.45, 2.75) is 37.1 Å². The van der Waals surface area contributed by atoms with Gasteiger partial charge in [-0.15, -0.1) is 11.8 Å². The van der Waals surface area contributed by atoms with E-state index in [-0.39, 0.29) is 0 Å². The average molecular weight is 307 g/mol. The number of nitrogens with zero attached hydrogens (tertiary/aromatic N) is 1. The Balaban J connectivity index is 1.89. The molecule has 1 aromatic carbocycles. The van der Waals surface area contributed by atoms with Crippen LogP contribution >= 0.6 is 23.4 Å².